The number of carbonyl (C=O) groups is 3. The molecule has 2 heterocycles. The van der Waals surface area contributed by atoms with Crippen molar-refractivity contribution in [3.63, 3.8) is 0 Å². The van der Waals surface area contributed by atoms with Crippen molar-refractivity contribution in [3.8, 4) is 0 Å². The highest BCUT2D eigenvalue weighted by Gasteiger charge is 2.44. The lowest BCUT2D eigenvalue weighted by atomic mass is 10.0. The second kappa shape index (κ2) is 7.87. The third-order valence-electron chi connectivity index (χ3n) is 5.04. The minimum absolute atomic E-state index is 0.178. The Morgan fingerprint density at radius 3 is 2.55 bits per heavy atom. The molecule has 3 rings (SSSR count). The first-order valence-corrected chi connectivity index (χ1v) is 9.73. The van der Waals surface area contributed by atoms with E-state index in [0.29, 0.717) is 18.7 Å². The minimum atomic E-state index is -0.900. The van der Waals surface area contributed by atoms with E-state index in [1.807, 2.05) is 37.2 Å². The van der Waals surface area contributed by atoms with Crippen LogP contribution in [0, 0.1) is 0 Å². The number of hydrogen-bond donors (Lipinski definition) is 2. The summed E-state index contributed by atoms with van der Waals surface area (Å²) in [6.07, 6.45) is 0.667. The maximum atomic E-state index is 12.5. The zero-order chi connectivity index (χ0) is 21.3. The number of urea groups is 1. The van der Waals surface area contributed by atoms with Crippen molar-refractivity contribution in [1.29, 1.82) is 0 Å². The molecule has 1 fully saturated rings. The molecule has 2 aromatic rings. The molecular weight excluding hydrogens is 372 g/mol. The Morgan fingerprint density at radius 1 is 1.24 bits per heavy atom. The van der Waals surface area contributed by atoms with Gasteiger partial charge in [-0.1, -0.05) is 6.07 Å². The molecule has 0 radical (unpaired) electrons. The van der Waals surface area contributed by atoms with E-state index >= 15 is 0 Å². The third kappa shape index (κ3) is 4.12. The lowest BCUT2D eigenvalue weighted by Crippen LogP contribution is -2.40. The Hall–Kier alpha value is -2.87. The highest BCUT2D eigenvalue weighted by molar-refractivity contribution is 6.06. The fourth-order valence-electron chi connectivity index (χ4n) is 3.51. The van der Waals surface area contributed by atoms with Gasteiger partial charge in [0.2, 0.25) is 0 Å². The summed E-state index contributed by atoms with van der Waals surface area (Å²) in [4.78, 5) is 43.6. The summed E-state index contributed by atoms with van der Waals surface area (Å²) in [6.45, 7) is 6.40. The number of fused-ring (bicyclic) bond motifs is 1. The van der Waals surface area contributed by atoms with Gasteiger partial charge in [-0.2, -0.15) is 0 Å². The summed E-state index contributed by atoms with van der Waals surface area (Å²) in [5.41, 5.74) is 2.08. The lowest BCUT2D eigenvalue weighted by Gasteiger charge is -2.16. The topological polar surface area (TPSA) is 94.7 Å². The predicted molar refractivity (Wildman–Crippen MR) is 110 cm³/mol. The van der Waals surface area contributed by atoms with E-state index in [9.17, 15) is 14.4 Å². The standard InChI is InChI=1S/C21H28N4O4/c1-6-29-18(26)17-14(9-10-24(4)5)15-11-13(7-8-16(15)22-17)12-25-19(27)21(2,3)23-20(25)28/h7-8,11,22H,6,9-10,12H2,1-5H3,(H,23,28). The van der Waals surface area contributed by atoms with E-state index in [1.54, 1.807) is 20.8 Å². The molecule has 1 saturated heterocycles. The number of carbonyl (C=O) groups excluding carboxylic acids is 3. The number of amides is 3. The summed E-state index contributed by atoms with van der Waals surface area (Å²) >= 11 is 0. The quantitative estimate of drug-likeness (QED) is 0.549. The van der Waals surface area contributed by atoms with Crippen molar-refractivity contribution in [1.82, 2.24) is 20.1 Å². The van der Waals surface area contributed by atoms with E-state index in [0.717, 1.165) is 28.6 Å². The molecule has 3 amide bonds. The molecule has 29 heavy (non-hydrogen) atoms. The number of hydrogen-bond acceptors (Lipinski definition) is 5. The van der Waals surface area contributed by atoms with Gasteiger partial charge in [-0.05, 0) is 64.5 Å². The second-order valence-corrected chi connectivity index (χ2v) is 8.08. The molecule has 0 bridgehead atoms. The summed E-state index contributed by atoms with van der Waals surface area (Å²) in [6, 6.07) is 5.27. The van der Waals surface area contributed by atoms with Crippen LogP contribution < -0.4 is 5.32 Å². The zero-order valence-electron chi connectivity index (χ0n) is 17.6. The van der Waals surface area contributed by atoms with Crippen molar-refractivity contribution < 1.29 is 19.1 Å². The Balaban J connectivity index is 1.97. The maximum Gasteiger partial charge on any atom is 0.355 e. The van der Waals surface area contributed by atoms with Crippen LogP contribution in [-0.4, -0.2) is 65.5 Å². The van der Waals surface area contributed by atoms with Gasteiger partial charge in [-0.3, -0.25) is 9.69 Å². The van der Waals surface area contributed by atoms with E-state index in [4.69, 9.17) is 4.74 Å². The van der Waals surface area contributed by atoms with E-state index in [2.05, 4.69) is 10.3 Å². The van der Waals surface area contributed by atoms with Crippen LogP contribution >= 0.6 is 0 Å². The highest BCUT2D eigenvalue weighted by Crippen LogP contribution is 2.27. The number of nitrogens with zero attached hydrogens (tertiary/aromatic N) is 2. The fraction of sp³-hybridized carbons (Fsp3) is 0.476. The zero-order valence-corrected chi connectivity index (χ0v) is 17.6. The van der Waals surface area contributed by atoms with Gasteiger partial charge in [0.05, 0.1) is 13.2 Å². The van der Waals surface area contributed by atoms with Crippen LogP contribution in [0.15, 0.2) is 18.2 Å². The van der Waals surface area contributed by atoms with Gasteiger partial charge in [0, 0.05) is 17.4 Å². The Labute approximate surface area is 170 Å². The number of esters is 1. The maximum absolute atomic E-state index is 12.5. The molecule has 0 unspecified atom stereocenters. The predicted octanol–water partition coefficient (Wildman–Crippen LogP) is 2.28. The van der Waals surface area contributed by atoms with Crippen LogP contribution in [0.4, 0.5) is 4.79 Å². The molecule has 0 spiro atoms. The normalized spacial score (nSPS) is 16.0. The van der Waals surface area contributed by atoms with Crippen molar-refractivity contribution in [2.24, 2.45) is 0 Å². The molecule has 2 N–H and O–H groups in total. The van der Waals surface area contributed by atoms with Gasteiger partial charge >= 0.3 is 12.0 Å². The van der Waals surface area contributed by atoms with Crippen molar-refractivity contribution in [2.75, 3.05) is 27.2 Å². The number of imide groups is 1. The van der Waals surface area contributed by atoms with Crippen molar-refractivity contribution in [2.45, 2.75) is 39.3 Å². The van der Waals surface area contributed by atoms with E-state index in [1.165, 1.54) is 4.90 Å². The Morgan fingerprint density at radius 2 is 1.97 bits per heavy atom. The fourth-order valence-corrected chi connectivity index (χ4v) is 3.51. The average Bonchev–Trinajstić information content (AvgIpc) is 3.09. The lowest BCUT2D eigenvalue weighted by molar-refractivity contribution is -0.130. The third-order valence-corrected chi connectivity index (χ3v) is 5.04. The van der Waals surface area contributed by atoms with Gasteiger partial charge in [0.15, 0.2) is 0 Å². The summed E-state index contributed by atoms with van der Waals surface area (Å²) < 4.78 is 5.20. The molecule has 8 heteroatoms. The second-order valence-electron chi connectivity index (χ2n) is 8.08. The first-order valence-electron chi connectivity index (χ1n) is 9.73. The molecule has 8 nitrogen and oxygen atoms in total. The Kier molecular flexibility index (Phi) is 5.66. The van der Waals surface area contributed by atoms with E-state index in [-0.39, 0.29) is 18.4 Å². The van der Waals surface area contributed by atoms with Gasteiger partial charge < -0.3 is 19.9 Å². The molecule has 1 aromatic carbocycles. The van der Waals surface area contributed by atoms with Crippen LogP contribution in [0.2, 0.25) is 0 Å². The number of aromatic nitrogens is 1. The molecule has 0 atom stereocenters. The SMILES string of the molecule is CCOC(=O)c1[nH]c2ccc(CN3C(=O)NC(C)(C)C3=O)cc2c1CCN(C)C. The van der Waals surface area contributed by atoms with Gasteiger partial charge in [0.25, 0.3) is 5.91 Å². The average molecular weight is 400 g/mol. The van der Waals surface area contributed by atoms with Crippen LogP contribution in [0.1, 0.15) is 42.4 Å². The van der Waals surface area contributed by atoms with Gasteiger partial charge in [-0.15, -0.1) is 0 Å². The number of aromatic amines is 1. The van der Waals surface area contributed by atoms with Crippen LogP contribution in [0.3, 0.4) is 0 Å². The highest BCUT2D eigenvalue weighted by atomic mass is 16.5. The number of benzene rings is 1. The van der Waals surface area contributed by atoms with Crippen LogP contribution in [-0.2, 0) is 22.5 Å². The Bertz CT molecular complexity index is 961. The molecule has 1 aliphatic rings. The first-order chi connectivity index (χ1) is 13.6. The number of likely N-dealkylation sites (N-methyl/N-ethyl adjacent to an activating group) is 1. The monoisotopic (exact) mass is 400 g/mol. The largest absolute Gasteiger partial charge is 0.461 e. The first kappa shape index (κ1) is 20.9. The molecule has 1 aromatic heterocycles. The smallest absolute Gasteiger partial charge is 0.355 e. The number of ether oxygens (including phenoxy) is 1. The van der Waals surface area contributed by atoms with Crippen molar-refractivity contribution >= 4 is 28.8 Å². The number of rotatable bonds is 7. The molecular formula is C21H28N4O4. The summed E-state index contributed by atoms with van der Waals surface area (Å²) in [5.74, 6) is -0.633. The van der Waals surface area contributed by atoms with Crippen LogP contribution in [0.25, 0.3) is 10.9 Å². The minimum Gasteiger partial charge on any atom is -0.461 e. The number of nitrogens with one attached hydrogen (secondary N) is 2. The summed E-state index contributed by atoms with van der Waals surface area (Å²) in [5, 5.41) is 3.59. The van der Waals surface area contributed by atoms with E-state index < -0.39 is 11.6 Å². The molecule has 1 aliphatic heterocycles. The molecule has 0 saturated carbocycles. The summed E-state index contributed by atoms with van der Waals surface area (Å²) in [7, 11) is 3.95. The van der Waals surface area contributed by atoms with Gasteiger partial charge in [0.1, 0.15) is 11.2 Å². The molecule has 0 aliphatic carbocycles. The number of H-pyrrole nitrogens is 1. The van der Waals surface area contributed by atoms with Crippen LogP contribution in [0.5, 0.6) is 0 Å². The molecule has 156 valence electrons. The van der Waals surface area contributed by atoms with Gasteiger partial charge in [-0.25, -0.2) is 9.59 Å². The van der Waals surface area contributed by atoms with Crippen molar-refractivity contribution in [3.05, 3.63) is 35.0 Å².